The molecular weight excluding hydrogens is 638 g/mol. The molecule has 230 valence electrons. The average Bonchev–Trinajstić information content (AvgIpc) is 2.98. The summed E-state index contributed by atoms with van der Waals surface area (Å²) in [7, 11) is -4.15. The molecular formula is C35H38BrN3O4S. The lowest BCUT2D eigenvalue weighted by Crippen LogP contribution is -2.53. The number of hydrogen-bond donors (Lipinski definition) is 1. The van der Waals surface area contributed by atoms with Crippen LogP contribution in [0.5, 0.6) is 0 Å². The molecule has 0 spiro atoms. The molecule has 2 amide bonds. The molecule has 4 aromatic carbocycles. The van der Waals surface area contributed by atoms with E-state index in [1.165, 1.54) is 4.90 Å². The van der Waals surface area contributed by atoms with E-state index in [0.717, 1.165) is 36.6 Å². The maximum Gasteiger partial charge on any atom is 0.264 e. The summed E-state index contributed by atoms with van der Waals surface area (Å²) < 4.78 is 30.4. The second-order valence-corrected chi connectivity index (χ2v) is 13.7. The minimum atomic E-state index is -4.15. The topological polar surface area (TPSA) is 86.8 Å². The van der Waals surface area contributed by atoms with Crippen molar-refractivity contribution in [3.63, 3.8) is 0 Å². The van der Waals surface area contributed by atoms with Gasteiger partial charge in [0.05, 0.1) is 10.6 Å². The summed E-state index contributed by atoms with van der Waals surface area (Å²) in [6, 6.07) is 28.2. The molecule has 0 saturated heterocycles. The second kappa shape index (κ2) is 14.7. The Balaban J connectivity index is 1.82. The van der Waals surface area contributed by atoms with Crippen LogP contribution in [-0.2, 0) is 32.6 Å². The zero-order valence-corrected chi connectivity index (χ0v) is 27.9. The molecule has 0 saturated carbocycles. The summed E-state index contributed by atoms with van der Waals surface area (Å²) in [5.74, 6) is -0.800. The van der Waals surface area contributed by atoms with Crippen molar-refractivity contribution in [2.75, 3.05) is 17.4 Å². The molecule has 1 N–H and O–H groups in total. The lowest BCUT2D eigenvalue weighted by atomic mass is 10.0. The van der Waals surface area contributed by atoms with Crippen LogP contribution in [0.15, 0.2) is 106 Å². The molecule has 0 aliphatic rings. The van der Waals surface area contributed by atoms with Crippen LogP contribution < -0.4 is 9.62 Å². The number of sulfonamides is 1. The highest BCUT2D eigenvalue weighted by molar-refractivity contribution is 9.10. The predicted octanol–water partition coefficient (Wildman–Crippen LogP) is 6.35. The van der Waals surface area contributed by atoms with Crippen molar-refractivity contribution < 1.29 is 18.0 Å². The van der Waals surface area contributed by atoms with Crippen molar-refractivity contribution >= 4 is 43.5 Å². The Labute approximate surface area is 269 Å². The molecule has 0 bridgehead atoms. The molecule has 0 fully saturated rings. The summed E-state index contributed by atoms with van der Waals surface area (Å²) in [5.41, 5.74) is 4.72. The summed E-state index contributed by atoms with van der Waals surface area (Å²) in [6.07, 6.45) is 0.265. The number of nitrogens with zero attached hydrogens (tertiary/aromatic N) is 2. The lowest BCUT2D eigenvalue weighted by Gasteiger charge is -2.34. The number of carbonyl (C=O) groups is 2. The van der Waals surface area contributed by atoms with E-state index in [9.17, 15) is 18.0 Å². The van der Waals surface area contributed by atoms with Crippen molar-refractivity contribution in [2.24, 2.45) is 0 Å². The Morgan fingerprint density at radius 1 is 0.795 bits per heavy atom. The fourth-order valence-electron chi connectivity index (χ4n) is 5.14. The van der Waals surface area contributed by atoms with E-state index in [1.807, 2.05) is 88.4 Å². The van der Waals surface area contributed by atoms with Gasteiger partial charge in [-0.25, -0.2) is 8.42 Å². The monoisotopic (exact) mass is 675 g/mol. The molecule has 0 aromatic heterocycles. The van der Waals surface area contributed by atoms with E-state index < -0.39 is 28.5 Å². The lowest BCUT2D eigenvalue weighted by molar-refractivity contribution is -0.140. The summed E-state index contributed by atoms with van der Waals surface area (Å²) in [5, 5.41) is 2.89. The van der Waals surface area contributed by atoms with Gasteiger partial charge in [-0.1, -0.05) is 82.2 Å². The van der Waals surface area contributed by atoms with Gasteiger partial charge in [-0.05, 0) is 86.3 Å². The molecule has 9 heteroatoms. The number of hydrogen-bond acceptors (Lipinski definition) is 4. The van der Waals surface area contributed by atoms with Gasteiger partial charge in [-0.3, -0.25) is 13.9 Å². The summed E-state index contributed by atoms with van der Waals surface area (Å²) >= 11 is 3.50. The number of halogens is 1. The van der Waals surface area contributed by atoms with Crippen LogP contribution in [0.4, 0.5) is 5.69 Å². The third-order valence-electron chi connectivity index (χ3n) is 7.25. The highest BCUT2D eigenvalue weighted by atomic mass is 79.9. The number of anilines is 1. The predicted molar refractivity (Wildman–Crippen MR) is 179 cm³/mol. The third kappa shape index (κ3) is 8.36. The minimum absolute atomic E-state index is 0.0816. The van der Waals surface area contributed by atoms with Crippen LogP contribution in [0.2, 0.25) is 0 Å². The molecule has 0 aliphatic carbocycles. The Morgan fingerprint density at radius 3 is 2.05 bits per heavy atom. The highest BCUT2D eigenvalue weighted by Crippen LogP contribution is 2.27. The number of carbonyl (C=O) groups excluding carboxylic acids is 2. The van der Waals surface area contributed by atoms with Gasteiger partial charge in [0.25, 0.3) is 10.0 Å². The smallest absolute Gasteiger partial charge is 0.264 e. The molecule has 7 nitrogen and oxygen atoms in total. The van der Waals surface area contributed by atoms with Crippen molar-refractivity contribution in [1.82, 2.24) is 10.2 Å². The standard InChI is InChI=1S/C35H38BrN3O4S/c1-5-37-35(41)33(22-28-10-7-6-8-11-28)38(23-29-12-9-13-30(36)21-29)34(40)24-39(31-19-26(3)18-27(4)20-31)44(42,43)32-16-14-25(2)15-17-32/h6-21,33H,5,22-24H2,1-4H3,(H,37,41)/t33-/m1/s1. The van der Waals surface area contributed by atoms with Crippen LogP contribution >= 0.6 is 15.9 Å². The SMILES string of the molecule is CCNC(=O)[C@@H](Cc1ccccc1)N(Cc1cccc(Br)c1)C(=O)CN(c1cc(C)cc(C)c1)S(=O)(=O)c1ccc(C)cc1. The first-order chi connectivity index (χ1) is 21.0. The largest absolute Gasteiger partial charge is 0.355 e. The third-order valence-corrected chi connectivity index (χ3v) is 9.53. The number of likely N-dealkylation sites (N-methyl/N-ethyl adjacent to an activating group) is 1. The second-order valence-electron chi connectivity index (χ2n) is 10.9. The summed E-state index contributed by atoms with van der Waals surface area (Å²) in [4.78, 5) is 29.7. The molecule has 0 radical (unpaired) electrons. The van der Waals surface area contributed by atoms with Crippen molar-refractivity contribution in [3.8, 4) is 0 Å². The van der Waals surface area contributed by atoms with Gasteiger partial charge in [-0.2, -0.15) is 0 Å². The maximum absolute atomic E-state index is 14.5. The van der Waals surface area contributed by atoms with Crippen molar-refractivity contribution in [2.45, 2.75) is 51.6 Å². The van der Waals surface area contributed by atoms with E-state index in [2.05, 4.69) is 21.2 Å². The molecule has 4 aromatic rings. The van der Waals surface area contributed by atoms with E-state index in [4.69, 9.17) is 0 Å². The highest BCUT2D eigenvalue weighted by Gasteiger charge is 2.34. The molecule has 44 heavy (non-hydrogen) atoms. The zero-order chi connectivity index (χ0) is 31.9. The first-order valence-corrected chi connectivity index (χ1v) is 16.7. The number of benzene rings is 4. The zero-order valence-electron chi connectivity index (χ0n) is 25.5. The van der Waals surface area contributed by atoms with Crippen LogP contribution in [0.1, 0.15) is 34.7 Å². The van der Waals surface area contributed by atoms with Gasteiger partial charge >= 0.3 is 0 Å². The Morgan fingerprint density at radius 2 is 1.43 bits per heavy atom. The van der Waals surface area contributed by atoms with Gasteiger partial charge in [0.2, 0.25) is 11.8 Å². The van der Waals surface area contributed by atoms with E-state index in [1.54, 1.807) is 36.4 Å². The van der Waals surface area contributed by atoms with Crippen LogP contribution in [-0.4, -0.2) is 44.3 Å². The Kier molecular flexibility index (Phi) is 11.0. The average molecular weight is 677 g/mol. The van der Waals surface area contributed by atoms with Gasteiger partial charge in [0, 0.05) is 24.0 Å². The van der Waals surface area contributed by atoms with Gasteiger partial charge in [0.15, 0.2) is 0 Å². The molecule has 0 unspecified atom stereocenters. The molecule has 0 heterocycles. The number of amides is 2. The number of nitrogens with one attached hydrogen (secondary N) is 1. The van der Waals surface area contributed by atoms with Gasteiger partial charge in [0.1, 0.15) is 12.6 Å². The Bertz CT molecular complexity index is 1690. The Hall–Kier alpha value is -3.95. The fraction of sp³-hybridized carbons (Fsp3) is 0.257. The molecule has 0 aliphatic heterocycles. The van der Waals surface area contributed by atoms with E-state index in [-0.39, 0.29) is 23.8 Å². The first kappa shape index (κ1) is 33.0. The normalized spacial score (nSPS) is 11.9. The fourth-order valence-corrected chi connectivity index (χ4v) is 6.98. The minimum Gasteiger partial charge on any atom is -0.355 e. The van der Waals surface area contributed by atoms with Crippen LogP contribution in [0.3, 0.4) is 0 Å². The molecule has 4 rings (SSSR count). The maximum atomic E-state index is 14.5. The van der Waals surface area contributed by atoms with Crippen LogP contribution in [0, 0.1) is 20.8 Å². The van der Waals surface area contributed by atoms with Crippen molar-refractivity contribution in [1.29, 1.82) is 0 Å². The number of rotatable bonds is 12. The molecule has 1 atom stereocenters. The number of aryl methyl sites for hydroxylation is 3. The van der Waals surface area contributed by atoms with E-state index in [0.29, 0.717) is 12.2 Å². The quantitative estimate of drug-likeness (QED) is 0.190. The first-order valence-electron chi connectivity index (χ1n) is 14.5. The van der Waals surface area contributed by atoms with E-state index >= 15 is 0 Å². The van der Waals surface area contributed by atoms with Gasteiger partial charge < -0.3 is 10.2 Å². The summed E-state index contributed by atoms with van der Waals surface area (Å²) in [6.45, 7) is 7.50. The van der Waals surface area contributed by atoms with Crippen LogP contribution in [0.25, 0.3) is 0 Å². The van der Waals surface area contributed by atoms with Crippen molar-refractivity contribution in [3.05, 3.63) is 129 Å². The van der Waals surface area contributed by atoms with Gasteiger partial charge in [-0.15, -0.1) is 0 Å².